The van der Waals surface area contributed by atoms with Crippen molar-refractivity contribution in [1.29, 1.82) is 0 Å². The van der Waals surface area contributed by atoms with Gasteiger partial charge in [0.25, 0.3) is 0 Å². The van der Waals surface area contributed by atoms with Crippen molar-refractivity contribution in [3.8, 4) is 0 Å². The zero-order valence-electron chi connectivity index (χ0n) is 10.2. The molecule has 2 N–H and O–H groups in total. The first-order chi connectivity index (χ1) is 8.70. The van der Waals surface area contributed by atoms with Gasteiger partial charge in [-0.1, -0.05) is 6.07 Å². The average molecular weight is 356 g/mol. The van der Waals surface area contributed by atoms with Crippen LogP contribution in [0.25, 0.3) is 0 Å². The van der Waals surface area contributed by atoms with E-state index in [4.69, 9.17) is 0 Å². The number of anilines is 1. The fourth-order valence-corrected chi connectivity index (χ4v) is 3.53. The van der Waals surface area contributed by atoms with Crippen molar-refractivity contribution >= 4 is 34.2 Å². The van der Waals surface area contributed by atoms with Crippen molar-refractivity contribution in [3.05, 3.63) is 27.8 Å². The number of piperidine rings is 1. The van der Waals surface area contributed by atoms with Gasteiger partial charge in [0, 0.05) is 15.2 Å². The fraction of sp³-hybridized carbons (Fsp3) is 0.500. The van der Waals surface area contributed by atoms with Gasteiger partial charge in [0.05, 0.1) is 0 Å². The number of carbonyl (C=O) groups excluding carboxylic acids is 1. The Hall–Kier alpha value is -0.620. The molecule has 1 aromatic carbocycles. The largest absolute Gasteiger partial charge is 0.326 e. The molecule has 3 rings (SSSR count). The molecule has 1 amide bonds. The molecule has 1 saturated carbocycles. The van der Waals surface area contributed by atoms with Gasteiger partial charge in [-0.3, -0.25) is 4.79 Å². The predicted molar refractivity (Wildman–Crippen MR) is 80.4 cm³/mol. The van der Waals surface area contributed by atoms with E-state index in [-0.39, 0.29) is 11.8 Å². The van der Waals surface area contributed by atoms with E-state index in [1.807, 2.05) is 24.3 Å². The van der Waals surface area contributed by atoms with Gasteiger partial charge >= 0.3 is 0 Å². The van der Waals surface area contributed by atoms with Crippen LogP contribution in [0.5, 0.6) is 0 Å². The molecular weight excluding hydrogens is 339 g/mol. The molecule has 2 fully saturated rings. The van der Waals surface area contributed by atoms with Crippen LogP contribution >= 0.6 is 22.6 Å². The molecule has 1 atom stereocenters. The Labute approximate surface area is 121 Å². The summed E-state index contributed by atoms with van der Waals surface area (Å²) in [6.07, 6.45) is 3.37. The summed E-state index contributed by atoms with van der Waals surface area (Å²) in [6, 6.07) is 7.97. The maximum atomic E-state index is 12.2. The summed E-state index contributed by atoms with van der Waals surface area (Å²) >= 11 is 2.26. The molecule has 4 heteroatoms. The molecule has 0 bridgehead atoms. The fourth-order valence-electron chi connectivity index (χ4n) is 2.99. The van der Waals surface area contributed by atoms with Gasteiger partial charge < -0.3 is 10.6 Å². The summed E-state index contributed by atoms with van der Waals surface area (Å²) in [6.45, 7) is 2.13. The minimum absolute atomic E-state index is 0.207. The second kappa shape index (κ2) is 4.81. The summed E-state index contributed by atoms with van der Waals surface area (Å²) in [5.41, 5.74) is 1.24. The molecular formula is C14H17IN2O. The molecule has 18 heavy (non-hydrogen) atoms. The van der Waals surface area contributed by atoms with E-state index in [9.17, 15) is 4.79 Å². The number of rotatable bonds is 2. The smallest absolute Gasteiger partial charge is 0.228 e. The lowest BCUT2D eigenvalue weighted by Crippen LogP contribution is -2.31. The van der Waals surface area contributed by atoms with Crippen molar-refractivity contribution < 1.29 is 4.79 Å². The number of hydrogen-bond acceptors (Lipinski definition) is 2. The Morgan fingerprint density at radius 2 is 2.17 bits per heavy atom. The van der Waals surface area contributed by atoms with Crippen LogP contribution in [0.2, 0.25) is 0 Å². The third-order valence-electron chi connectivity index (χ3n) is 4.20. The second-order valence-electron chi connectivity index (χ2n) is 5.37. The van der Waals surface area contributed by atoms with Gasteiger partial charge in [0.1, 0.15) is 0 Å². The number of nitrogens with one attached hydrogen (secondary N) is 2. The lowest BCUT2D eigenvalue weighted by molar-refractivity contribution is -0.118. The molecule has 0 aromatic heterocycles. The normalized spacial score (nSPS) is 24.8. The van der Waals surface area contributed by atoms with E-state index >= 15 is 0 Å². The summed E-state index contributed by atoms with van der Waals surface area (Å²) in [4.78, 5) is 12.2. The van der Waals surface area contributed by atoms with E-state index in [0.717, 1.165) is 41.6 Å². The van der Waals surface area contributed by atoms with E-state index in [2.05, 4.69) is 33.2 Å². The summed E-state index contributed by atoms with van der Waals surface area (Å²) in [7, 11) is 0. The number of carbonyl (C=O) groups is 1. The van der Waals surface area contributed by atoms with E-state index in [0.29, 0.717) is 5.41 Å². The predicted octanol–water partition coefficient (Wildman–Crippen LogP) is 2.62. The minimum atomic E-state index is 0.207. The highest BCUT2D eigenvalue weighted by Gasteiger charge is 2.57. The molecule has 1 heterocycles. The summed E-state index contributed by atoms with van der Waals surface area (Å²) in [5, 5.41) is 6.42. The number of amides is 1. The van der Waals surface area contributed by atoms with Crippen LogP contribution in [-0.4, -0.2) is 19.0 Å². The van der Waals surface area contributed by atoms with E-state index in [1.54, 1.807) is 0 Å². The summed E-state index contributed by atoms with van der Waals surface area (Å²) < 4.78 is 1.15. The highest BCUT2D eigenvalue weighted by atomic mass is 127. The Morgan fingerprint density at radius 3 is 2.89 bits per heavy atom. The van der Waals surface area contributed by atoms with Gasteiger partial charge in [-0.25, -0.2) is 0 Å². The Bertz CT molecular complexity index is 469. The molecule has 1 saturated heterocycles. The lowest BCUT2D eigenvalue weighted by Gasteiger charge is -2.23. The Kier molecular flexibility index (Phi) is 3.32. The molecule has 1 aliphatic heterocycles. The van der Waals surface area contributed by atoms with Crippen molar-refractivity contribution in [2.75, 3.05) is 18.4 Å². The van der Waals surface area contributed by atoms with Gasteiger partial charge in [-0.05, 0) is 78.6 Å². The highest BCUT2D eigenvalue weighted by Crippen LogP contribution is 2.58. The highest BCUT2D eigenvalue weighted by molar-refractivity contribution is 14.1. The van der Waals surface area contributed by atoms with Crippen LogP contribution in [0.15, 0.2) is 24.3 Å². The van der Waals surface area contributed by atoms with E-state index in [1.165, 1.54) is 0 Å². The number of benzene rings is 1. The third-order valence-corrected chi connectivity index (χ3v) is 4.87. The standard InChI is InChI=1S/C14H17IN2O/c15-10-2-1-3-11(8-10)17-13(18)12-9-14(12)4-6-16-7-5-14/h1-3,8,12,16H,4-7,9H2,(H,17,18). The zero-order chi connectivity index (χ0) is 12.6. The number of hydrogen-bond donors (Lipinski definition) is 2. The quantitative estimate of drug-likeness (QED) is 0.800. The van der Waals surface area contributed by atoms with E-state index < -0.39 is 0 Å². The molecule has 0 radical (unpaired) electrons. The topological polar surface area (TPSA) is 41.1 Å². The van der Waals surface area contributed by atoms with Crippen molar-refractivity contribution in [3.63, 3.8) is 0 Å². The molecule has 96 valence electrons. The van der Waals surface area contributed by atoms with Crippen LogP contribution in [0.1, 0.15) is 19.3 Å². The zero-order valence-corrected chi connectivity index (χ0v) is 12.4. The van der Waals surface area contributed by atoms with Crippen LogP contribution in [0.4, 0.5) is 5.69 Å². The second-order valence-corrected chi connectivity index (χ2v) is 6.61. The maximum absolute atomic E-state index is 12.2. The van der Waals surface area contributed by atoms with Crippen molar-refractivity contribution in [2.45, 2.75) is 19.3 Å². The minimum Gasteiger partial charge on any atom is -0.326 e. The maximum Gasteiger partial charge on any atom is 0.228 e. The Morgan fingerprint density at radius 1 is 1.39 bits per heavy atom. The average Bonchev–Trinajstić information content (AvgIpc) is 3.04. The van der Waals surface area contributed by atoms with Gasteiger partial charge in [-0.2, -0.15) is 0 Å². The third kappa shape index (κ3) is 2.40. The lowest BCUT2D eigenvalue weighted by atomic mass is 9.92. The number of halogens is 1. The first kappa shape index (κ1) is 12.4. The molecule has 1 spiro atoms. The SMILES string of the molecule is O=C(Nc1cccc(I)c1)C1CC12CCNCC2. The molecule has 1 aliphatic carbocycles. The molecule has 1 aromatic rings. The first-order valence-electron chi connectivity index (χ1n) is 6.47. The van der Waals surface area contributed by atoms with Crippen molar-refractivity contribution in [1.82, 2.24) is 5.32 Å². The molecule has 1 unspecified atom stereocenters. The van der Waals surface area contributed by atoms with Crippen LogP contribution in [0, 0.1) is 14.9 Å². The van der Waals surface area contributed by atoms with Crippen LogP contribution in [0.3, 0.4) is 0 Å². The van der Waals surface area contributed by atoms with Gasteiger partial charge in [0.15, 0.2) is 0 Å². The van der Waals surface area contributed by atoms with Gasteiger partial charge in [-0.15, -0.1) is 0 Å². The monoisotopic (exact) mass is 356 g/mol. The van der Waals surface area contributed by atoms with Crippen molar-refractivity contribution in [2.24, 2.45) is 11.3 Å². The summed E-state index contributed by atoms with van der Waals surface area (Å²) in [5.74, 6) is 0.441. The van der Waals surface area contributed by atoms with Crippen LogP contribution in [-0.2, 0) is 4.79 Å². The first-order valence-corrected chi connectivity index (χ1v) is 7.55. The van der Waals surface area contributed by atoms with Gasteiger partial charge in [0.2, 0.25) is 5.91 Å². The molecule has 2 aliphatic rings. The van der Waals surface area contributed by atoms with Crippen LogP contribution < -0.4 is 10.6 Å². The Balaban J connectivity index is 1.63. The molecule has 3 nitrogen and oxygen atoms in total.